The highest BCUT2D eigenvalue weighted by molar-refractivity contribution is 5.53. The minimum Gasteiger partial charge on any atom is -0.338 e. The van der Waals surface area contributed by atoms with Crippen molar-refractivity contribution in [2.75, 3.05) is 54.4 Å². The molecule has 29 heavy (non-hydrogen) atoms. The molecule has 14 heteroatoms. The van der Waals surface area contributed by atoms with Gasteiger partial charge in [-0.25, -0.2) is 8.78 Å². The fourth-order valence-corrected chi connectivity index (χ4v) is 3.11. The van der Waals surface area contributed by atoms with Crippen molar-refractivity contribution in [1.29, 1.82) is 0 Å². The van der Waals surface area contributed by atoms with Gasteiger partial charge in [0.15, 0.2) is 5.82 Å². The van der Waals surface area contributed by atoms with E-state index in [4.69, 9.17) is 0 Å². The van der Waals surface area contributed by atoms with Gasteiger partial charge < -0.3 is 20.4 Å². The summed E-state index contributed by atoms with van der Waals surface area (Å²) in [5, 5.41) is 11.2. The van der Waals surface area contributed by atoms with Crippen LogP contribution in [0.15, 0.2) is 6.07 Å². The third-order valence-corrected chi connectivity index (χ3v) is 4.59. The van der Waals surface area contributed by atoms with Crippen molar-refractivity contribution >= 4 is 23.7 Å². The molecular weight excluding hydrogens is 401 g/mol. The number of piperazine rings is 1. The van der Waals surface area contributed by atoms with Crippen LogP contribution in [0.5, 0.6) is 0 Å². The highest BCUT2D eigenvalue weighted by atomic mass is 19.4. The molecule has 0 amide bonds. The predicted octanol–water partition coefficient (Wildman–Crippen LogP) is 1.61. The average Bonchev–Trinajstić information content (AvgIpc) is 3.28. The Morgan fingerprint density at radius 2 is 1.69 bits per heavy atom. The lowest BCUT2D eigenvalue weighted by molar-refractivity contribution is -0.141. The zero-order valence-corrected chi connectivity index (χ0v) is 15.1. The Morgan fingerprint density at radius 3 is 2.28 bits per heavy atom. The molecule has 0 bridgehead atoms. The molecule has 2 aliphatic heterocycles. The van der Waals surface area contributed by atoms with Gasteiger partial charge in [-0.1, -0.05) is 0 Å². The van der Waals surface area contributed by atoms with E-state index in [1.165, 1.54) is 4.90 Å². The van der Waals surface area contributed by atoms with Crippen molar-refractivity contribution < 1.29 is 22.0 Å². The molecule has 0 atom stereocenters. The van der Waals surface area contributed by atoms with E-state index in [1.54, 1.807) is 0 Å². The molecule has 2 aromatic rings. The monoisotopic (exact) mass is 419 g/mol. The van der Waals surface area contributed by atoms with Gasteiger partial charge in [-0.2, -0.15) is 33.2 Å². The van der Waals surface area contributed by atoms with Gasteiger partial charge in [0.25, 0.3) is 5.92 Å². The molecule has 4 rings (SSSR count). The lowest BCUT2D eigenvalue weighted by atomic mass is 10.3. The summed E-state index contributed by atoms with van der Waals surface area (Å²) in [7, 11) is 0. The molecule has 0 spiro atoms. The molecule has 2 aromatic heterocycles. The maximum atomic E-state index is 13.6. The number of anilines is 4. The summed E-state index contributed by atoms with van der Waals surface area (Å²) in [5.74, 6) is -2.76. The lowest BCUT2D eigenvalue weighted by Crippen LogP contribution is -2.44. The quantitative estimate of drug-likeness (QED) is 0.644. The molecule has 2 aliphatic rings. The van der Waals surface area contributed by atoms with Gasteiger partial charge in [0, 0.05) is 45.2 Å². The van der Waals surface area contributed by atoms with Crippen LogP contribution in [0.25, 0.3) is 0 Å². The summed E-state index contributed by atoms with van der Waals surface area (Å²) >= 11 is 0. The Balaban J connectivity index is 1.63. The standard InChI is InChI=1S/C15H18F5N9/c16-14(17)1-4-29(8-14)13-24-11(22-10-7-9(26-27-10)15(18,19)20)23-12(25-13)28-5-2-21-3-6-28/h7,21H,1-6,8H2,(H2,22,23,24,25,26,27). The van der Waals surface area contributed by atoms with Crippen molar-refractivity contribution in [2.24, 2.45) is 0 Å². The molecule has 0 unspecified atom stereocenters. The second kappa shape index (κ2) is 7.24. The van der Waals surface area contributed by atoms with Gasteiger partial charge in [-0.3, -0.25) is 5.10 Å². The molecule has 4 heterocycles. The normalized spacial score (nSPS) is 19.6. The smallest absolute Gasteiger partial charge is 0.338 e. The van der Waals surface area contributed by atoms with Crippen LogP contribution in [-0.2, 0) is 6.18 Å². The maximum Gasteiger partial charge on any atom is 0.432 e. The van der Waals surface area contributed by atoms with Crippen molar-refractivity contribution in [3.8, 4) is 0 Å². The number of nitrogens with zero attached hydrogens (tertiary/aromatic N) is 6. The molecule has 9 nitrogen and oxygen atoms in total. The van der Waals surface area contributed by atoms with E-state index in [2.05, 4.69) is 30.7 Å². The van der Waals surface area contributed by atoms with Gasteiger partial charge in [0.05, 0.1) is 6.54 Å². The van der Waals surface area contributed by atoms with E-state index in [0.717, 1.165) is 6.07 Å². The third kappa shape index (κ3) is 4.46. The summed E-state index contributed by atoms with van der Waals surface area (Å²) in [6, 6.07) is 0.776. The Hall–Kier alpha value is -2.77. The predicted molar refractivity (Wildman–Crippen MR) is 93.6 cm³/mol. The van der Waals surface area contributed by atoms with Crippen LogP contribution in [0.2, 0.25) is 0 Å². The van der Waals surface area contributed by atoms with E-state index in [-0.39, 0.29) is 36.6 Å². The van der Waals surface area contributed by atoms with Gasteiger partial charge in [-0.15, -0.1) is 0 Å². The lowest BCUT2D eigenvalue weighted by Gasteiger charge is -2.28. The van der Waals surface area contributed by atoms with E-state index in [9.17, 15) is 22.0 Å². The van der Waals surface area contributed by atoms with Crippen LogP contribution in [0, 0.1) is 0 Å². The number of nitrogens with one attached hydrogen (secondary N) is 3. The number of rotatable bonds is 4. The first-order valence-electron chi connectivity index (χ1n) is 8.94. The number of alkyl halides is 5. The number of H-pyrrole nitrogens is 1. The zero-order chi connectivity index (χ0) is 20.6. The Bertz CT molecular complexity index is 862. The summed E-state index contributed by atoms with van der Waals surface area (Å²) < 4.78 is 65.5. The maximum absolute atomic E-state index is 13.6. The third-order valence-electron chi connectivity index (χ3n) is 4.59. The summed E-state index contributed by atoms with van der Waals surface area (Å²) in [6.45, 7) is 2.12. The fourth-order valence-electron chi connectivity index (χ4n) is 3.11. The highest BCUT2D eigenvalue weighted by Crippen LogP contribution is 2.31. The van der Waals surface area contributed by atoms with Gasteiger partial charge in [-0.05, 0) is 0 Å². The molecule has 2 fully saturated rings. The van der Waals surface area contributed by atoms with Crippen molar-refractivity contribution in [2.45, 2.75) is 18.5 Å². The van der Waals surface area contributed by atoms with Crippen LogP contribution in [0.1, 0.15) is 12.1 Å². The first kappa shape index (κ1) is 19.5. The number of hydrogen-bond acceptors (Lipinski definition) is 8. The van der Waals surface area contributed by atoms with Crippen LogP contribution in [0.4, 0.5) is 45.6 Å². The average molecular weight is 419 g/mol. The van der Waals surface area contributed by atoms with Gasteiger partial charge in [0.2, 0.25) is 17.8 Å². The molecular formula is C15H18F5N9. The molecule has 158 valence electrons. The van der Waals surface area contributed by atoms with Crippen LogP contribution < -0.4 is 20.4 Å². The van der Waals surface area contributed by atoms with Crippen molar-refractivity contribution in [1.82, 2.24) is 30.5 Å². The first-order valence-corrected chi connectivity index (χ1v) is 8.94. The van der Waals surface area contributed by atoms with E-state index in [1.807, 2.05) is 10.00 Å². The van der Waals surface area contributed by atoms with Gasteiger partial charge >= 0.3 is 6.18 Å². The molecule has 0 saturated carbocycles. The molecule has 3 N–H and O–H groups in total. The second-order valence-corrected chi connectivity index (χ2v) is 6.81. The van der Waals surface area contributed by atoms with Crippen LogP contribution >= 0.6 is 0 Å². The largest absolute Gasteiger partial charge is 0.432 e. The zero-order valence-electron chi connectivity index (χ0n) is 15.1. The van der Waals surface area contributed by atoms with Gasteiger partial charge in [0.1, 0.15) is 5.69 Å². The number of halogens is 5. The molecule has 0 aliphatic carbocycles. The van der Waals surface area contributed by atoms with E-state index in [0.29, 0.717) is 26.2 Å². The van der Waals surface area contributed by atoms with Crippen LogP contribution in [-0.4, -0.2) is 70.3 Å². The summed E-state index contributed by atoms with van der Waals surface area (Å²) in [4.78, 5) is 15.9. The SMILES string of the molecule is FC1(F)CCN(c2nc(Nc3cc(C(F)(F)F)[nH]n3)nc(N3CCNCC3)n2)C1. The fraction of sp³-hybridized carbons (Fsp3) is 0.600. The first-order chi connectivity index (χ1) is 13.7. The van der Waals surface area contributed by atoms with Crippen LogP contribution in [0.3, 0.4) is 0 Å². The summed E-state index contributed by atoms with van der Waals surface area (Å²) in [5.41, 5.74) is -1.03. The molecule has 0 radical (unpaired) electrons. The summed E-state index contributed by atoms with van der Waals surface area (Å²) in [6.07, 6.45) is -4.90. The number of aromatic nitrogens is 5. The topological polar surface area (TPSA) is 97.9 Å². The second-order valence-electron chi connectivity index (χ2n) is 6.81. The Kier molecular flexibility index (Phi) is 4.88. The number of hydrogen-bond donors (Lipinski definition) is 3. The van der Waals surface area contributed by atoms with E-state index < -0.39 is 24.3 Å². The molecule has 0 aromatic carbocycles. The molecule has 2 saturated heterocycles. The Morgan fingerprint density at radius 1 is 1.00 bits per heavy atom. The minimum absolute atomic E-state index is 0.0415. The Labute approximate surface area is 161 Å². The van der Waals surface area contributed by atoms with Crippen molar-refractivity contribution in [3.63, 3.8) is 0 Å². The number of aromatic amines is 1. The highest BCUT2D eigenvalue weighted by Gasteiger charge is 2.40. The van der Waals surface area contributed by atoms with Crippen molar-refractivity contribution in [3.05, 3.63) is 11.8 Å². The van der Waals surface area contributed by atoms with E-state index >= 15 is 0 Å². The minimum atomic E-state index is -4.58.